The second kappa shape index (κ2) is 14.0. The number of hydrogen-bond donors (Lipinski definition) is 7. The number of methoxy groups -OCH3 is 1. The molecule has 0 saturated carbocycles. The third-order valence-corrected chi connectivity index (χ3v) is 7.64. The van der Waals surface area contributed by atoms with Crippen molar-refractivity contribution in [1.29, 1.82) is 0 Å². The predicted octanol–water partition coefficient (Wildman–Crippen LogP) is -1.13. The van der Waals surface area contributed by atoms with E-state index in [1.807, 2.05) is 6.92 Å². The van der Waals surface area contributed by atoms with Gasteiger partial charge < -0.3 is 68.6 Å². The number of benzene rings is 2. The van der Waals surface area contributed by atoms with E-state index in [9.17, 15) is 40.5 Å². The summed E-state index contributed by atoms with van der Waals surface area (Å²) in [5.41, 5.74) is 0.202. The molecule has 2 saturated heterocycles. The largest absolute Gasteiger partial charge is 0.496 e. The molecule has 2 fully saturated rings. The van der Waals surface area contributed by atoms with Gasteiger partial charge >= 0.3 is 0 Å². The van der Waals surface area contributed by atoms with Gasteiger partial charge in [-0.3, -0.25) is 4.79 Å². The van der Waals surface area contributed by atoms with E-state index >= 15 is 0 Å². The lowest BCUT2D eigenvalue weighted by Gasteiger charge is -2.42. The lowest BCUT2D eigenvalue weighted by molar-refractivity contribution is -0.323. The van der Waals surface area contributed by atoms with Gasteiger partial charge in [0.15, 0.2) is 11.7 Å². The summed E-state index contributed by atoms with van der Waals surface area (Å²) >= 11 is 0. The highest BCUT2D eigenvalue weighted by atomic mass is 16.7. The zero-order valence-corrected chi connectivity index (χ0v) is 24.3. The standard InChI is InChI=1S/C30H36O15/c1-3-40-14-6-4-13(5-7-14)17-10-16(32)22-18(42-17)8-15(39-2)9-19(22)43-30-28(38)26(36)24(34)21(45-30)12-41-29-27(37)25(35)23(33)20(11-31)44-29/h4-10,20-21,23-31,33-38H,3,11-12H2,1-2H3. The van der Waals surface area contributed by atoms with Gasteiger partial charge in [0.05, 0.1) is 26.9 Å². The fourth-order valence-electron chi connectivity index (χ4n) is 5.13. The number of aliphatic hydroxyl groups is 7. The highest BCUT2D eigenvalue weighted by molar-refractivity contribution is 5.86. The summed E-state index contributed by atoms with van der Waals surface area (Å²) < 4.78 is 39.2. The van der Waals surface area contributed by atoms with Gasteiger partial charge in [-0.25, -0.2) is 0 Å². The van der Waals surface area contributed by atoms with E-state index in [2.05, 4.69) is 0 Å². The molecule has 0 radical (unpaired) electrons. The molecular formula is C30H36O15. The van der Waals surface area contributed by atoms with E-state index < -0.39 is 80.1 Å². The monoisotopic (exact) mass is 636 g/mol. The normalized spacial score (nSPS) is 31.9. The van der Waals surface area contributed by atoms with Crippen LogP contribution in [-0.2, 0) is 14.2 Å². The maximum Gasteiger partial charge on any atom is 0.229 e. The van der Waals surface area contributed by atoms with Crippen LogP contribution in [0.25, 0.3) is 22.3 Å². The summed E-state index contributed by atoms with van der Waals surface area (Å²) in [4.78, 5) is 13.4. The Morgan fingerprint density at radius 1 is 0.778 bits per heavy atom. The van der Waals surface area contributed by atoms with Crippen LogP contribution in [0.4, 0.5) is 0 Å². The molecule has 5 rings (SSSR count). The fraction of sp³-hybridized carbons (Fsp3) is 0.500. The highest BCUT2D eigenvalue weighted by Gasteiger charge is 2.48. The van der Waals surface area contributed by atoms with Gasteiger partial charge in [-0.15, -0.1) is 0 Å². The summed E-state index contributed by atoms with van der Waals surface area (Å²) in [6, 6.07) is 11.1. The number of rotatable bonds is 10. The Morgan fingerprint density at radius 3 is 2.07 bits per heavy atom. The SMILES string of the molecule is CCOc1ccc(-c2cc(=O)c3c(OC4OC(COC5OC(CO)C(O)C(O)C5O)C(O)C(O)C4O)cc(OC)cc3o2)cc1. The molecule has 0 bridgehead atoms. The molecule has 2 aliphatic rings. The minimum atomic E-state index is -1.80. The van der Waals surface area contributed by atoms with Crippen molar-refractivity contribution in [2.75, 3.05) is 26.9 Å². The minimum Gasteiger partial charge on any atom is -0.496 e. The Balaban J connectivity index is 1.38. The van der Waals surface area contributed by atoms with Crippen LogP contribution in [-0.4, -0.2) is 124 Å². The van der Waals surface area contributed by atoms with Crippen molar-refractivity contribution in [1.82, 2.24) is 0 Å². The molecule has 0 amide bonds. The molecule has 3 aromatic rings. The summed E-state index contributed by atoms with van der Waals surface area (Å²) in [5, 5.41) is 71.5. The number of fused-ring (bicyclic) bond motifs is 1. The predicted molar refractivity (Wildman–Crippen MR) is 153 cm³/mol. The first-order valence-electron chi connectivity index (χ1n) is 14.2. The second-order valence-corrected chi connectivity index (χ2v) is 10.6. The van der Waals surface area contributed by atoms with Crippen molar-refractivity contribution >= 4 is 11.0 Å². The molecular weight excluding hydrogens is 600 g/mol. The van der Waals surface area contributed by atoms with Gasteiger partial charge in [-0.1, -0.05) is 0 Å². The van der Waals surface area contributed by atoms with E-state index in [0.717, 1.165) is 0 Å². The minimum absolute atomic E-state index is 0.0176. The van der Waals surface area contributed by atoms with Gasteiger partial charge in [0.25, 0.3) is 0 Å². The van der Waals surface area contributed by atoms with Crippen LogP contribution >= 0.6 is 0 Å². The maximum absolute atomic E-state index is 13.4. The van der Waals surface area contributed by atoms with Crippen LogP contribution in [0, 0.1) is 0 Å². The third kappa shape index (κ3) is 6.78. The Labute approximate surface area is 256 Å². The average molecular weight is 637 g/mol. The van der Waals surface area contributed by atoms with Crippen molar-refractivity contribution in [2.45, 2.75) is 68.3 Å². The van der Waals surface area contributed by atoms with E-state index in [4.69, 9.17) is 32.8 Å². The molecule has 10 unspecified atom stereocenters. The van der Waals surface area contributed by atoms with Crippen LogP contribution in [0.3, 0.4) is 0 Å². The zero-order chi connectivity index (χ0) is 32.4. The molecule has 7 N–H and O–H groups in total. The van der Waals surface area contributed by atoms with E-state index in [1.165, 1.54) is 25.3 Å². The Hall–Kier alpha value is -3.35. The third-order valence-electron chi connectivity index (χ3n) is 7.64. The topological polar surface area (TPSA) is 227 Å². The van der Waals surface area contributed by atoms with Gasteiger partial charge in [-0.05, 0) is 31.2 Å². The first-order valence-corrected chi connectivity index (χ1v) is 14.2. The number of hydrogen-bond acceptors (Lipinski definition) is 15. The molecule has 0 aliphatic carbocycles. The van der Waals surface area contributed by atoms with Crippen LogP contribution in [0.5, 0.6) is 17.2 Å². The van der Waals surface area contributed by atoms with E-state index in [1.54, 1.807) is 24.3 Å². The lowest BCUT2D eigenvalue weighted by atomic mass is 9.98. The van der Waals surface area contributed by atoms with Crippen LogP contribution in [0.1, 0.15) is 6.92 Å². The van der Waals surface area contributed by atoms with Gasteiger partial charge in [0, 0.05) is 23.8 Å². The van der Waals surface area contributed by atoms with Crippen molar-refractivity contribution < 1.29 is 68.6 Å². The molecule has 2 aliphatic heterocycles. The quantitative estimate of drug-likeness (QED) is 0.140. The first-order chi connectivity index (χ1) is 21.6. The Kier molecular flexibility index (Phi) is 10.2. The molecule has 15 heteroatoms. The van der Waals surface area contributed by atoms with Crippen molar-refractivity contribution in [2.24, 2.45) is 0 Å². The van der Waals surface area contributed by atoms with Crippen molar-refractivity contribution in [3.05, 3.63) is 52.7 Å². The molecule has 10 atom stereocenters. The summed E-state index contributed by atoms with van der Waals surface area (Å²) in [5.74, 6) is 1.03. The smallest absolute Gasteiger partial charge is 0.229 e. The average Bonchev–Trinajstić information content (AvgIpc) is 3.04. The summed E-state index contributed by atoms with van der Waals surface area (Å²) in [6.07, 6.45) is -16.1. The van der Waals surface area contributed by atoms with E-state index in [-0.39, 0.29) is 28.2 Å². The summed E-state index contributed by atoms with van der Waals surface area (Å²) in [6.45, 7) is 1.12. The second-order valence-electron chi connectivity index (χ2n) is 10.6. The van der Waals surface area contributed by atoms with Crippen LogP contribution in [0.15, 0.2) is 51.7 Å². The Bertz CT molecular complexity index is 1490. The highest BCUT2D eigenvalue weighted by Crippen LogP contribution is 2.35. The molecule has 0 spiro atoms. The Morgan fingerprint density at radius 2 is 1.42 bits per heavy atom. The zero-order valence-electron chi connectivity index (χ0n) is 24.3. The van der Waals surface area contributed by atoms with Gasteiger partial charge in [-0.2, -0.15) is 0 Å². The molecule has 45 heavy (non-hydrogen) atoms. The summed E-state index contributed by atoms with van der Waals surface area (Å²) in [7, 11) is 1.39. The maximum atomic E-state index is 13.4. The fourth-order valence-corrected chi connectivity index (χ4v) is 5.13. The van der Waals surface area contributed by atoms with Crippen molar-refractivity contribution in [3.8, 4) is 28.6 Å². The van der Waals surface area contributed by atoms with Crippen molar-refractivity contribution in [3.63, 3.8) is 0 Å². The van der Waals surface area contributed by atoms with Crippen LogP contribution < -0.4 is 19.6 Å². The van der Waals surface area contributed by atoms with Gasteiger partial charge in [0.2, 0.25) is 6.29 Å². The van der Waals surface area contributed by atoms with Gasteiger partial charge in [0.1, 0.15) is 82.8 Å². The molecule has 2 aromatic carbocycles. The number of aliphatic hydroxyl groups excluding tert-OH is 7. The molecule has 246 valence electrons. The number of ether oxygens (including phenoxy) is 6. The molecule has 15 nitrogen and oxygen atoms in total. The first kappa shape index (κ1) is 33.0. The van der Waals surface area contributed by atoms with E-state index in [0.29, 0.717) is 17.9 Å². The van der Waals surface area contributed by atoms with Crippen LogP contribution in [0.2, 0.25) is 0 Å². The molecule has 3 heterocycles. The lowest BCUT2D eigenvalue weighted by Crippen LogP contribution is -2.62. The molecule has 1 aromatic heterocycles.